The summed E-state index contributed by atoms with van der Waals surface area (Å²) in [4.78, 5) is 13.0. The minimum Gasteiger partial charge on any atom is -0.394 e. The number of ether oxygens (including phenoxy) is 2. The summed E-state index contributed by atoms with van der Waals surface area (Å²) in [5.74, 6) is -0.187. The first-order chi connectivity index (χ1) is 34.3. The predicted octanol–water partition coefficient (Wildman–Crippen LogP) is 15.1. The van der Waals surface area contributed by atoms with E-state index in [0.29, 0.717) is 6.42 Å². The van der Waals surface area contributed by atoms with Crippen molar-refractivity contribution in [2.45, 2.75) is 333 Å². The second-order valence-electron chi connectivity index (χ2n) is 21.1. The average molecular weight is 991 g/mol. The van der Waals surface area contributed by atoms with Crippen LogP contribution in [0.15, 0.2) is 36.5 Å². The molecule has 0 saturated carbocycles. The number of nitrogens with one attached hydrogen (secondary N) is 1. The predicted molar refractivity (Wildman–Crippen MR) is 295 cm³/mol. The minimum absolute atomic E-state index is 0.187. The number of aliphatic hydroxyl groups excluding tert-OH is 5. The van der Waals surface area contributed by atoms with Gasteiger partial charge in [0, 0.05) is 6.42 Å². The molecule has 9 nitrogen and oxygen atoms in total. The van der Waals surface area contributed by atoms with E-state index in [1.807, 2.05) is 6.08 Å². The van der Waals surface area contributed by atoms with Crippen LogP contribution < -0.4 is 5.32 Å². The molecule has 7 unspecified atom stereocenters. The largest absolute Gasteiger partial charge is 0.394 e. The van der Waals surface area contributed by atoms with E-state index in [4.69, 9.17) is 9.47 Å². The molecule has 0 aliphatic carbocycles. The molecule has 0 aromatic heterocycles. The maximum Gasteiger partial charge on any atom is 0.220 e. The van der Waals surface area contributed by atoms with Gasteiger partial charge in [-0.1, -0.05) is 281 Å². The molecule has 1 rings (SSSR count). The number of rotatable bonds is 52. The minimum atomic E-state index is -1.57. The van der Waals surface area contributed by atoms with Crippen LogP contribution in [-0.2, 0) is 14.3 Å². The van der Waals surface area contributed by atoms with E-state index in [1.54, 1.807) is 6.08 Å². The Balaban J connectivity index is 2.06. The highest BCUT2D eigenvalue weighted by atomic mass is 16.7. The second-order valence-corrected chi connectivity index (χ2v) is 21.1. The van der Waals surface area contributed by atoms with E-state index in [9.17, 15) is 30.3 Å². The van der Waals surface area contributed by atoms with Crippen molar-refractivity contribution >= 4 is 5.91 Å². The van der Waals surface area contributed by atoms with Crippen molar-refractivity contribution in [3.05, 3.63) is 36.5 Å². The molecule has 0 bridgehead atoms. The molecule has 1 amide bonds. The number of aliphatic hydroxyl groups is 5. The van der Waals surface area contributed by atoms with Gasteiger partial charge in [0.2, 0.25) is 5.91 Å². The molecular formula is C61H115NO8. The average Bonchev–Trinajstić information content (AvgIpc) is 3.36. The third kappa shape index (κ3) is 39.9. The first-order valence-corrected chi connectivity index (χ1v) is 30.2. The van der Waals surface area contributed by atoms with Gasteiger partial charge in [-0.2, -0.15) is 0 Å². The summed E-state index contributed by atoms with van der Waals surface area (Å²) < 4.78 is 11.2. The standard InChI is InChI=1S/C61H115NO8/c1-3-5-7-9-11-13-15-17-18-19-20-21-22-23-24-25-26-27-28-29-30-31-32-33-34-35-36-37-38-39-41-43-45-47-49-51-57(65)62-54(53-69-61-60(68)59(67)58(66)56(52-63)70-61)55(64)50-48-46-44-42-40-16-14-12-10-8-6-4-2/h10,12,40,42,48,50,54-56,58-61,63-64,66-68H,3-9,11,13-39,41,43-47,49,51-53H2,1-2H3,(H,62,65)/b12-10+,42-40+,50-48+. The summed E-state index contributed by atoms with van der Waals surface area (Å²) in [5, 5.41) is 54.3. The molecule has 1 aliphatic rings. The lowest BCUT2D eigenvalue weighted by Gasteiger charge is -2.40. The van der Waals surface area contributed by atoms with Crippen molar-refractivity contribution in [2.24, 2.45) is 0 Å². The molecular weight excluding hydrogens is 875 g/mol. The lowest BCUT2D eigenvalue weighted by Crippen LogP contribution is -2.60. The third-order valence-corrected chi connectivity index (χ3v) is 14.4. The number of hydrogen-bond donors (Lipinski definition) is 6. The van der Waals surface area contributed by atoms with Gasteiger partial charge < -0.3 is 40.3 Å². The Morgan fingerprint density at radius 3 is 1.19 bits per heavy atom. The second kappa shape index (κ2) is 50.9. The molecule has 9 heteroatoms. The zero-order chi connectivity index (χ0) is 50.8. The van der Waals surface area contributed by atoms with Crippen LogP contribution in [0.5, 0.6) is 0 Å². The Morgan fingerprint density at radius 1 is 0.471 bits per heavy atom. The molecule has 0 aromatic carbocycles. The van der Waals surface area contributed by atoms with Crippen molar-refractivity contribution < 1.29 is 39.8 Å². The molecule has 0 spiro atoms. The number of hydrogen-bond acceptors (Lipinski definition) is 8. The van der Waals surface area contributed by atoms with Crippen LogP contribution in [0.25, 0.3) is 0 Å². The van der Waals surface area contributed by atoms with E-state index in [0.717, 1.165) is 51.4 Å². The smallest absolute Gasteiger partial charge is 0.220 e. The van der Waals surface area contributed by atoms with E-state index in [-0.39, 0.29) is 12.5 Å². The van der Waals surface area contributed by atoms with Crippen molar-refractivity contribution in [2.75, 3.05) is 13.2 Å². The van der Waals surface area contributed by atoms with Gasteiger partial charge in [-0.25, -0.2) is 0 Å². The highest BCUT2D eigenvalue weighted by molar-refractivity contribution is 5.76. The quantitative estimate of drug-likeness (QED) is 0.0261. The van der Waals surface area contributed by atoms with Crippen molar-refractivity contribution in [3.8, 4) is 0 Å². The topological polar surface area (TPSA) is 149 Å². The Bertz CT molecular complexity index is 1190. The fourth-order valence-electron chi connectivity index (χ4n) is 9.65. The van der Waals surface area contributed by atoms with Crippen LogP contribution in [0.1, 0.15) is 290 Å². The van der Waals surface area contributed by atoms with Crippen molar-refractivity contribution in [3.63, 3.8) is 0 Å². The summed E-state index contributed by atoms with van der Waals surface area (Å²) in [6.07, 6.45) is 59.7. The van der Waals surface area contributed by atoms with Gasteiger partial charge in [0.25, 0.3) is 0 Å². The van der Waals surface area contributed by atoms with Crippen LogP contribution in [0, 0.1) is 0 Å². The number of allylic oxidation sites excluding steroid dienone is 5. The van der Waals surface area contributed by atoms with Crippen LogP contribution in [-0.4, -0.2) is 87.5 Å². The lowest BCUT2D eigenvalue weighted by molar-refractivity contribution is -0.302. The Labute approximate surface area is 431 Å². The molecule has 1 saturated heterocycles. The van der Waals surface area contributed by atoms with Crippen LogP contribution >= 0.6 is 0 Å². The molecule has 6 N–H and O–H groups in total. The van der Waals surface area contributed by atoms with E-state index >= 15 is 0 Å². The number of carbonyl (C=O) groups excluding carboxylic acids is 1. The third-order valence-electron chi connectivity index (χ3n) is 14.4. The fraction of sp³-hybridized carbons (Fsp3) is 0.885. The van der Waals surface area contributed by atoms with Crippen molar-refractivity contribution in [1.29, 1.82) is 0 Å². The van der Waals surface area contributed by atoms with Crippen molar-refractivity contribution in [1.82, 2.24) is 5.32 Å². The highest BCUT2D eigenvalue weighted by Gasteiger charge is 2.44. The van der Waals surface area contributed by atoms with Gasteiger partial charge in [0.05, 0.1) is 25.4 Å². The summed E-state index contributed by atoms with van der Waals surface area (Å²) in [6, 6.07) is -0.825. The summed E-state index contributed by atoms with van der Waals surface area (Å²) in [7, 11) is 0. The molecule has 1 heterocycles. The zero-order valence-corrected chi connectivity index (χ0v) is 45.8. The molecule has 7 atom stereocenters. The first kappa shape index (κ1) is 66.4. The normalized spacial score (nSPS) is 19.6. The van der Waals surface area contributed by atoms with E-state index < -0.39 is 49.5 Å². The first-order valence-electron chi connectivity index (χ1n) is 30.2. The highest BCUT2D eigenvalue weighted by Crippen LogP contribution is 2.23. The van der Waals surface area contributed by atoms with E-state index in [2.05, 4.69) is 43.5 Å². The molecule has 70 heavy (non-hydrogen) atoms. The SMILES string of the molecule is CCCC/C=C/CC/C=C/CC/C=C/C(O)C(COC1OC(CO)C(O)C(O)C1O)NC(=O)CCCCCCCCCCCCCCCCCCCCCCCCCCCCCCCCCCCCC. The molecule has 0 aromatic rings. The monoisotopic (exact) mass is 990 g/mol. The summed E-state index contributed by atoms with van der Waals surface area (Å²) >= 11 is 0. The zero-order valence-electron chi connectivity index (χ0n) is 45.8. The Hall–Kier alpha value is -1.59. The molecule has 412 valence electrons. The van der Waals surface area contributed by atoms with Gasteiger partial charge in [-0.3, -0.25) is 4.79 Å². The molecule has 1 aliphatic heterocycles. The van der Waals surface area contributed by atoms with Gasteiger partial charge in [-0.05, 0) is 38.5 Å². The van der Waals surface area contributed by atoms with E-state index in [1.165, 1.54) is 218 Å². The van der Waals surface area contributed by atoms with Crippen LogP contribution in [0.4, 0.5) is 0 Å². The molecule has 1 fully saturated rings. The fourth-order valence-corrected chi connectivity index (χ4v) is 9.65. The Kier molecular flexibility index (Phi) is 48.3. The summed E-state index contributed by atoms with van der Waals surface area (Å²) in [5.41, 5.74) is 0. The van der Waals surface area contributed by atoms with Gasteiger partial charge in [0.1, 0.15) is 24.4 Å². The summed E-state index contributed by atoms with van der Waals surface area (Å²) in [6.45, 7) is 3.73. The molecule has 0 radical (unpaired) electrons. The number of amides is 1. The van der Waals surface area contributed by atoms with Crippen LogP contribution in [0.2, 0.25) is 0 Å². The maximum absolute atomic E-state index is 13.0. The van der Waals surface area contributed by atoms with Gasteiger partial charge in [0.15, 0.2) is 6.29 Å². The number of unbranched alkanes of at least 4 members (excludes halogenated alkanes) is 38. The van der Waals surface area contributed by atoms with Gasteiger partial charge >= 0.3 is 0 Å². The number of carbonyl (C=O) groups is 1. The Morgan fingerprint density at radius 2 is 0.814 bits per heavy atom. The lowest BCUT2D eigenvalue weighted by atomic mass is 9.99. The maximum atomic E-state index is 13.0. The van der Waals surface area contributed by atoms with Crippen LogP contribution in [0.3, 0.4) is 0 Å². The van der Waals surface area contributed by atoms with Gasteiger partial charge in [-0.15, -0.1) is 0 Å².